The zero-order valence-corrected chi connectivity index (χ0v) is 12.0. The Morgan fingerprint density at radius 1 is 1.32 bits per heavy atom. The highest BCUT2D eigenvalue weighted by Gasteiger charge is 2.32. The average Bonchev–Trinajstić information content (AvgIpc) is 2.40. The van der Waals surface area contributed by atoms with Crippen LogP contribution in [-0.4, -0.2) is 62.3 Å². The molecule has 5 nitrogen and oxygen atoms in total. The van der Waals surface area contributed by atoms with Crippen molar-refractivity contribution >= 4 is 5.91 Å². The lowest BCUT2D eigenvalue weighted by molar-refractivity contribution is -0.135. The molecule has 2 saturated heterocycles. The molecule has 0 saturated carbocycles. The minimum absolute atomic E-state index is 0.00627. The number of hydrogen-bond acceptors (Lipinski definition) is 4. The first-order valence-corrected chi connectivity index (χ1v) is 7.52. The Bertz CT molecular complexity index is 286. The van der Waals surface area contributed by atoms with Crippen LogP contribution >= 0.6 is 0 Å². The number of piperidine rings is 1. The van der Waals surface area contributed by atoms with E-state index in [9.17, 15) is 4.79 Å². The predicted octanol–water partition coefficient (Wildman–Crippen LogP) is 0.357. The summed E-state index contributed by atoms with van der Waals surface area (Å²) in [6.45, 7) is 8.21. The third kappa shape index (κ3) is 5.09. The van der Waals surface area contributed by atoms with Gasteiger partial charge in [-0.3, -0.25) is 4.79 Å². The van der Waals surface area contributed by atoms with Crippen LogP contribution in [0.1, 0.15) is 32.6 Å². The van der Waals surface area contributed by atoms with E-state index < -0.39 is 0 Å². The number of nitrogens with one attached hydrogen (secondary N) is 2. The molecule has 0 aromatic carbocycles. The van der Waals surface area contributed by atoms with Gasteiger partial charge in [0.2, 0.25) is 5.91 Å². The second-order valence-electron chi connectivity index (χ2n) is 5.95. The van der Waals surface area contributed by atoms with Gasteiger partial charge in [0.1, 0.15) is 6.61 Å². The molecule has 2 fully saturated rings. The molecule has 2 aliphatic rings. The summed E-state index contributed by atoms with van der Waals surface area (Å²) in [4.78, 5) is 14.1. The van der Waals surface area contributed by atoms with Crippen molar-refractivity contribution in [2.24, 2.45) is 0 Å². The molecule has 2 rings (SSSR count). The first-order chi connectivity index (χ1) is 9.18. The first kappa shape index (κ1) is 14.8. The summed E-state index contributed by atoms with van der Waals surface area (Å²) in [5, 5.41) is 6.08. The second kappa shape index (κ2) is 7.22. The van der Waals surface area contributed by atoms with Crippen LogP contribution < -0.4 is 10.6 Å². The maximum absolute atomic E-state index is 11.6. The van der Waals surface area contributed by atoms with Gasteiger partial charge in [-0.1, -0.05) is 6.42 Å². The number of nitrogens with zero attached hydrogens (tertiary/aromatic N) is 1. The van der Waals surface area contributed by atoms with Gasteiger partial charge in [-0.05, 0) is 45.8 Å². The van der Waals surface area contributed by atoms with Crippen molar-refractivity contribution in [3.05, 3.63) is 0 Å². The summed E-state index contributed by atoms with van der Waals surface area (Å²) in [6.07, 6.45) is 5.06. The average molecular weight is 269 g/mol. The van der Waals surface area contributed by atoms with Crippen LogP contribution in [0, 0.1) is 0 Å². The molecule has 2 N–H and O–H groups in total. The molecule has 110 valence electrons. The molecule has 0 aromatic heterocycles. The molecule has 0 atom stereocenters. The zero-order valence-electron chi connectivity index (χ0n) is 12.0. The number of carbonyl (C=O) groups is 1. The summed E-state index contributed by atoms with van der Waals surface area (Å²) in [5.41, 5.74) is -0.134. The number of hydrogen-bond donors (Lipinski definition) is 2. The Hall–Kier alpha value is -0.650. The van der Waals surface area contributed by atoms with Crippen molar-refractivity contribution in [2.45, 2.75) is 38.2 Å². The Balaban J connectivity index is 1.47. The fourth-order valence-electron chi connectivity index (χ4n) is 2.58. The van der Waals surface area contributed by atoms with Gasteiger partial charge in [-0.15, -0.1) is 0 Å². The molecule has 5 heteroatoms. The van der Waals surface area contributed by atoms with E-state index in [-0.39, 0.29) is 18.1 Å². The monoisotopic (exact) mass is 269 g/mol. The quantitative estimate of drug-likeness (QED) is 0.655. The van der Waals surface area contributed by atoms with Gasteiger partial charge in [0.15, 0.2) is 0 Å². The Morgan fingerprint density at radius 3 is 2.68 bits per heavy atom. The van der Waals surface area contributed by atoms with E-state index in [1.54, 1.807) is 0 Å². The molecule has 1 amide bonds. The number of amides is 1. The van der Waals surface area contributed by atoms with Gasteiger partial charge >= 0.3 is 0 Å². The highest BCUT2D eigenvalue weighted by molar-refractivity contribution is 5.77. The second-order valence-corrected chi connectivity index (χ2v) is 5.95. The standard InChI is InChI=1S/C14H27N3O2/c1-14(11-15-12-14)19-10-13(18)16-6-5-9-17-7-3-2-4-8-17/h15H,2-12H2,1H3,(H,16,18). The Morgan fingerprint density at radius 2 is 2.05 bits per heavy atom. The van der Waals surface area contributed by atoms with E-state index in [2.05, 4.69) is 15.5 Å². The van der Waals surface area contributed by atoms with Gasteiger partial charge < -0.3 is 20.3 Å². The fraction of sp³-hybridized carbons (Fsp3) is 0.929. The SMILES string of the molecule is CC1(OCC(=O)NCCCN2CCCCC2)CNC1. The van der Waals surface area contributed by atoms with E-state index >= 15 is 0 Å². The van der Waals surface area contributed by atoms with Crippen molar-refractivity contribution in [3.8, 4) is 0 Å². The predicted molar refractivity (Wildman–Crippen MR) is 75.1 cm³/mol. The van der Waals surface area contributed by atoms with Gasteiger partial charge in [-0.2, -0.15) is 0 Å². The molecule has 2 heterocycles. The van der Waals surface area contributed by atoms with Crippen molar-refractivity contribution in [1.82, 2.24) is 15.5 Å². The Labute approximate surface area is 116 Å². The van der Waals surface area contributed by atoms with Crippen LogP contribution in [0.2, 0.25) is 0 Å². The Kier molecular flexibility index (Phi) is 5.60. The first-order valence-electron chi connectivity index (χ1n) is 7.52. The smallest absolute Gasteiger partial charge is 0.246 e. The molecule has 0 spiro atoms. The fourth-order valence-corrected chi connectivity index (χ4v) is 2.58. The summed E-state index contributed by atoms with van der Waals surface area (Å²) < 4.78 is 5.59. The molecular weight excluding hydrogens is 242 g/mol. The third-order valence-electron chi connectivity index (χ3n) is 3.97. The van der Waals surface area contributed by atoms with Crippen LogP contribution in [0.3, 0.4) is 0 Å². The largest absolute Gasteiger partial charge is 0.363 e. The lowest BCUT2D eigenvalue weighted by Gasteiger charge is -2.38. The lowest BCUT2D eigenvalue weighted by Crippen LogP contribution is -2.59. The van der Waals surface area contributed by atoms with E-state index in [0.29, 0.717) is 0 Å². The molecular formula is C14H27N3O2. The van der Waals surface area contributed by atoms with Gasteiger partial charge in [0, 0.05) is 19.6 Å². The molecule has 19 heavy (non-hydrogen) atoms. The molecule has 0 aromatic rings. The minimum Gasteiger partial charge on any atom is -0.363 e. The van der Waals surface area contributed by atoms with Crippen molar-refractivity contribution in [1.29, 1.82) is 0 Å². The lowest BCUT2D eigenvalue weighted by atomic mass is 10.0. The normalized spacial score (nSPS) is 22.8. The molecule has 0 radical (unpaired) electrons. The van der Waals surface area contributed by atoms with E-state index in [1.807, 2.05) is 6.92 Å². The summed E-state index contributed by atoms with van der Waals surface area (Å²) in [5.74, 6) is 0.00627. The molecule has 0 unspecified atom stereocenters. The highest BCUT2D eigenvalue weighted by Crippen LogP contribution is 2.14. The number of ether oxygens (including phenoxy) is 1. The number of likely N-dealkylation sites (tertiary alicyclic amines) is 1. The topological polar surface area (TPSA) is 53.6 Å². The highest BCUT2D eigenvalue weighted by atomic mass is 16.5. The van der Waals surface area contributed by atoms with Crippen LogP contribution in [0.25, 0.3) is 0 Å². The van der Waals surface area contributed by atoms with Crippen LogP contribution in [-0.2, 0) is 9.53 Å². The van der Waals surface area contributed by atoms with E-state index in [4.69, 9.17) is 4.74 Å². The number of carbonyl (C=O) groups excluding carboxylic acids is 1. The van der Waals surface area contributed by atoms with Gasteiger partial charge in [0.25, 0.3) is 0 Å². The maximum atomic E-state index is 11.6. The van der Waals surface area contributed by atoms with Gasteiger partial charge in [0.05, 0.1) is 5.60 Å². The van der Waals surface area contributed by atoms with E-state index in [0.717, 1.165) is 32.6 Å². The molecule has 2 aliphatic heterocycles. The third-order valence-corrected chi connectivity index (χ3v) is 3.97. The zero-order chi connectivity index (χ0) is 13.6. The van der Waals surface area contributed by atoms with E-state index in [1.165, 1.54) is 32.4 Å². The number of rotatable bonds is 7. The van der Waals surface area contributed by atoms with Crippen LogP contribution in [0.15, 0.2) is 0 Å². The molecule has 0 aliphatic carbocycles. The van der Waals surface area contributed by atoms with Crippen molar-refractivity contribution in [2.75, 3.05) is 45.9 Å². The molecule has 0 bridgehead atoms. The van der Waals surface area contributed by atoms with Crippen molar-refractivity contribution < 1.29 is 9.53 Å². The summed E-state index contributed by atoms with van der Waals surface area (Å²) in [6, 6.07) is 0. The maximum Gasteiger partial charge on any atom is 0.246 e. The van der Waals surface area contributed by atoms with Crippen molar-refractivity contribution in [3.63, 3.8) is 0 Å². The van der Waals surface area contributed by atoms with Crippen LogP contribution in [0.5, 0.6) is 0 Å². The van der Waals surface area contributed by atoms with Crippen LogP contribution in [0.4, 0.5) is 0 Å². The summed E-state index contributed by atoms with van der Waals surface area (Å²) >= 11 is 0. The van der Waals surface area contributed by atoms with Gasteiger partial charge in [-0.25, -0.2) is 0 Å². The summed E-state index contributed by atoms with van der Waals surface area (Å²) in [7, 11) is 0. The minimum atomic E-state index is -0.134.